The highest BCUT2D eigenvalue weighted by atomic mass is 16.5. The molecule has 4 nitrogen and oxygen atoms in total. The Labute approximate surface area is 108 Å². The minimum Gasteiger partial charge on any atom is -0.497 e. The SMILES string of the molecule is COc1cc(N)cc(CN2CCCCCC2=O)c1. The highest BCUT2D eigenvalue weighted by Gasteiger charge is 2.16. The average molecular weight is 248 g/mol. The topological polar surface area (TPSA) is 55.6 Å². The van der Waals surface area contributed by atoms with Gasteiger partial charge in [0.15, 0.2) is 0 Å². The lowest BCUT2D eigenvalue weighted by molar-refractivity contribution is -0.131. The standard InChI is InChI=1S/C14H20N2O2/c1-18-13-8-11(7-12(15)9-13)10-16-6-4-2-3-5-14(16)17/h7-9H,2-6,10,15H2,1H3. The first kappa shape index (κ1) is 12.7. The molecule has 1 aliphatic heterocycles. The molecule has 1 aromatic rings. The van der Waals surface area contributed by atoms with Crippen LogP contribution in [0.4, 0.5) is 5.69 Å². The predicted molar refractivity (Wildman–Crippen MR) is 71.3 cm³/mol. The lowest BCUT2D eigenvalue weighted by atomic mass is 10.1. The fourth-order valence-electron chi connectivity index (χ4n) is 2.32. The van der Waals surface area contributed by atoms with Gasteiger partial charge in [-0.3, -0.25) is 4.79 Å². The van der Waals surface area contributed by atoms with Crippen LogP contribution in [0.25, 0.3) is 0 Å². The maximum Gasteiger partial charge on any atom is 0.222 e. The van der Waals surface area contributed by atoms with Crippen LogP contribution in [0.1, 0.15) is 31.2 Å². The van der Waals surface area contributed by atoms with E-state index in [-0.39, 0.29) is 5.91 Å². The van der Waals surface area contributed by atoms with Gasteiger partial charge in [-0.15, -0.1) is 0 Å². The van der Waals surface area contributed by atoms with Crippen LogP contribution >= 0.6 is 0 Å². The number of anilines is 1. The number of hydrogen-bond donors (Lipinski definition) is 1. The van der Waals surface area contributed by atoms with Gasteiger partial charge in [0.05, 0.1) is 7.11 Å². The first-order chi connectivity index (χ1) is 8.69. The first-order valence-corrected chi connectivity index (χ1v) is 6.40. The third kappa shape index (κ3) is 3.15. The maximum atomic E-state index is 11.9. The Balaban J connectivity index is 2.12. The lowest BCUT2D eigenvalue weighted by Crippen LogP contribution is -2.29. The third-order valence-corrected chi connectivity index (χ3v) is 3.27. The van der Waals surface area contributed by atoms with Crippen molar-refractivity contribution in [1.29, 1.82) is 0 Å². The molecule has 0 aliphatic carbocycles. The summed E-state index contributed by atoms with van der Waals surface area (Å²) in [5.41, 5.74) is 7.52. The largest absolute Gasteiger partial charge is 0.497 e. The molecule has 98 valence electrons. The van der Waals surface area contributed by atoms with Crippen molar-refractivity contribution in [2.75, 3.05) is 19.4 Å². The molecule has 1 amide bonds. The Bertz CT molecular complexity index is 432. The fourth-order valence-corrected chi connectivity index (χ4v) is 2.32. The molecule has 1 fully saturated rings. The Morgan fingerprint density at radius 2 is 2.11 bits per heavy atom. The van der Waals surface area contributed by atoms with E-state index in [9.17, 15) is 4.79 Å². The number of hydrogen-bond acceptors (Lipinski definition) is 3. The molecule has 0 spiro atoms. The van der Waals surface area contributed by atoms with Gasteiger partial charge < -0.3 is 15.4 Å². The number of ether oxygens (including phenoxy) is 1. The van der Waals surface area contributed by atoms with E-state index in [0.29, 0.717) is 18.7 Å². The van der Waals surface area contributed by atoms with E-state index >= 15 is 0 Å². The van der Waals surface area contributed by atoms with Gasteiger partial charge in [0.25, 0.3) is 0 Å². The van der Waals surface area contributed by atoms with E-state index in [0.717, 1.165) is 37.1 Å². The van der Waals surface area contributed by atoms with Crippen LogP contribution in [0.2, 0.25) is 0 Å². The number of rotatable bonds is 3. The zero-order valence-electron chi connectivity index (χ0n) is 10.8. The number of carbonyl (C=O) groups excluding carboxylic acids is 1. The second-order valence-electron chi connectivity index (χ2n) is 4.74. The molecule has 0 radical (unpaired) electrons. The van der Waals surface area contributed by atoms with Crippen molar-refractivity contribution < 1.29 is 9.53 Å². The van der Waals surface area contributed by atoms with Gasteiger partial charge in [-0.1, -0.05) is 6.42 Å². The molecule has 0 aromatic heterocycles. The molecule has 0 atom stereocenters. The molecule has 2 N–H and O–H groups in total. The smallest absolute Gasteiger partial charge is 0.222 e. The highest BCUT2D eigenvalue weighted by Crippen LogP contribution is 2.21. The van der Waals surface area contributed by atoms with Gasteiger partial charge in [-0.2, -0.15) is 0 Å². The molecule has 0 unspecified atom stereocenters. The molecular weight excluding hydrogens is 228 g/mol. The van der Waals surface area contributed by atoms with Gasteiger partial charge in [-0.05, 0) is 30.5 Å². The molecule has 2 rings (SSSR count). The molecule has 1 aromatic carbocycles. The van der Waals surface area contributed by atoms with Crippen LogP contribution in [0.5, 0.6) is 5.75 Å². The molecule has 18 heavy (non-hydrogen) atoms. The van der Waals surface area contributed by atoms with Gasteiger partial charge in [0.2, 0.25) is 5.91 Å². The summed E-state index contributed by atoms with van der Waals surface area (Å²) < 4.78 is 5.19. The Morgan fingerprint density at radius 1 is 1.28 bits per heavy atom. The summed E-state index contributed by atoms with van der Waals surface area (Å²) in [5.74, 6) is 0.987. The second-order valence-corrected chi connectivity index (χ2v) is 4.74. The number of nitrogens with zero attached hydrogens (tertiary/aromatic N) is 1. The van der Waals surface area contributed by atoms with Crippen LogP contribution in [0.3, 0.4) is 0 Å². The van der Waals surface area contributed by atoms with Gasteiger partial charge >= 0.3 is 0 Å². The van der Waals surface area contributed by atoms with Gasteiger partial charge in [0, 0.05) is 31.3 Å². The van der Waals surface area contributed by atoms with E-state index in [2.05, 4.69) is 0 Å². The third-order valence-electron chi connectivity index (χ3n) is 3.27. The van der Waals surface area contributed by atoms with Crippen molar-refractivity contribution >= 4 is 11.6 Å². The van der Waals surface area contributed by atoms with Crippen molar-refractivity contribution in [3.05, 3.63) is 23.8 Å². The van der Waals surface area contributed by atoms with Gasteiger partial charge in [0.1, 0.15) is 5.75 Å². The number of nitrogens with two attached hydrogens (primary N) is 1. The zero-order valence-corrected chi connectivity index (χ0v) is 10.8. The fraction of sp³-hybridized carbons (Fsp3) is 0.500. The number of likely N-dealkylation sites (tertiary alicyclic amines) is 1. The summed E-state index contributed by atoms with van der Waals surface area (Å²) in [5, 5.41) is 0. The van der Waals surface area contributed by atoms with Crippen LogP contribution in [0.15, 0.2) is 18.2 Å². The summed E-state index contributed by atoms with van der Waals surface area (Å²) in [7, 11) is 1.62. The normalized spacial score (nSPS) is 16.5. The molecule has 4 heteroatoms. The number of methoxy groups -OCH3 is 1. The van der Waals surface area contributed by atoms with E-state index < -0.39 is 0 Å². The molecule has 1 heterocycles. The van der Waals surface area contributed by atoms with Crippen molar-refractivity contribution in [2.45, 2.75) is 32.2 Å². The summed E-state index contributed by atoms with van der Waals surface area (Å²) >= 11 is 0. The van der Waals surface area contributed by atoms with Crippen molar-refractivity contribution in [3.63, 3.8) is 0 Å². The van der Waals surface area contributed by atoms with E-state index in [1.54, 1.807) is 13.2 Å². The maximum absolute atomic E-state index is 11.9. The minimum absolute atomic E-state index is 0.244. The zero-order chi connectivity index (χ0) is 13.0. The molecule has 0 bridgehead atoms. The molecule has 1 aliphatic rings. The molecular formula is C14H20N2O2. The minimum atomic E-state index is 0.244. The highest BCUT2D eigenvalue weighted by molar-refractivity contribution is 5.76. The number of carbonyl (C=O) groups is 1. The summed E-state index contributed by atoms with van der Waals surface area (Å²) in [6.07, 6.45) is 3.91. The van der Waals surface area contributed by atoms with Crippen LogP contribution < -0.4 is 10.5 Å². The number of amides is 1. The van der Waals surface area contributed by atoms with E-state index in [1.807, 2.05) is 17.0 Å². The summed E-state index contributed by atoms with van der Waals surface area (Å²) in [6, 6.07) is 5.63. The molecule has 1 saturated heterocycles. The number of benzene rings is 1. The second kappa shape index (κ2) is 5.76. The summed E-state index contributed by atoms with van der Waals surface area (Å²) in [4.78, 5) is 13.8. The van der Waals surface area contributed by atoms with E-state index in [4.69, 9.17) is 10.5 Å². The van der Waals surface area contributed by atoms with Crippen LogP contribution in [-0.2, 0) is 11.3 Å². The Morgan fingerprint density at radius 3 is 2.89 bits per heavy atom. The molecule has 0 saturated carbocycles. The quantitative estimate of drug-likeness (QED) is 0.834. The Hall–Kier alpha value is -1.71. The lowest BCUT2D eigenvalue weighted by Gasteiger charge is -2.21. The first-order valence-electron chi connectivity index (χ1n) is 6.40. The Kier molecular flexibility index (Phi) is 4.07. The van der Waals surface area contributed by atoms with E-state index in [1.165, 1.54) is 0 Å². The van der Waals surface area contributed by atoms with Crippen LogP contribution in [-0.4, -0.2) is 24.5 Å². The summed E-state index contributed by atoms with van der Waals surface area (Å²) in [6.45, 7) is 1.47. The monoisotopic (exact) mass is 248 g/mol. The van der Waals surface area contributed by atoms with Crippen molar-refractivity contribution in [2.24, 2.45) is 0 Å². The van der Waals surface area contributed by atoms with Crippen molar-refractivity contribution in [1.82, 2.24) is 4.90 Å². The number of nitrogen functional groups attached to an aromatic ring is 1. The average Bonchev–Trinajstić information content (AvgIpc) is 2.54. The van der Waals surface area contributed by atoms with Gasteiger partial charge in [-0.25, -0.2) is 0 Å². The van der Waals surface area contributed by atoms with Crippen LogP contribution in [0, 0.1) is 0 Å². The predicted octanol–water partition coefficient (Wildman–Crippen LogP) is 2.18. The van der Waals surface area contributed by atoms with Crippen molar-refractivity contribution in [3.8, 4) is 5.75 Å².